The largest absolute Gasteiger partial charge is 0.444 e. The minimum absolute atomic E-state index is 0.0662. The van der Waals surface area contributed by atoms with Crippen molar-refractivity contribution in [3.8, 4) is 22.9 Å². The number of nitrogens with zero attached hydrogens (tertiary/aromatic N) is 4. The van der Waals surface area contributed by atoms with Crippen LogP contribution in [0.1, 0.15) is 58.9 Å². The van der Waals surface area contributed by atoms with Gasteiger partial charge in [0.05, 0.1) is 22.7 Å². The van der Waals surface area contributed by atoms with Crippen molar-refractivity contribution >= 4 is 38.5 Å². The average molecular weight is 665 g/mol. The highest BCUT2D eigenvalue weighted by molar-refractivity contribution is 7.92. The molecule has 250 valence electrons. The number of nitrogens with one attached hydrogen (secondary N) is 2. The maximum absolute atomic E-state index is 15.0. The van der Waals surface area contributed by atoms with Crippen molar-refractivity contribution in [3.63, 3.8) is 0 Å². The summed E-state index contributed by atoms with van der Waals surface area (Å²) in [5, 5.41) is 4.25. The van der Waals surface area contributed by atoms with Gasteiger partial charge in [0, 0.05) is 42.3 Å². The molecule has 47 heavy (non-hydrogen) atoms. The quantitative estimate of drug-likeness (QED) is 0.179. The number of amides is 1. The molecular formula is C34H41FN6O5S. The number of pyridine rings is 1. The molecule has 4 aromatic rings. The minimum Gasteiger partial charge on any atom is -0.444 e. The molecule has 0 unspecified atom stereocenters. The van der Waals surface area contributed by atoms with Gasteiger partial charge in [0.25, 0.3) is 0 Å². The highest BCUT2D eigenvalue weighted by Crippen LogP contribution is 2.39. The summed E-state index contributed by atoms with van der Waals surface area (Å²) in [5.74, 6) is 0.276. The summed E-state index contributed by atoms with van der Waals surface area (Å²) in [6.07, 6.45) is 5.70. The molecule has 1 aliphatic rings. The topological polar surface area (TPSA) is 136 Å². The molecule has 0 aliphatic carbocycles. The van der Waals surface area contributed by atoms with Gasteiger partial charge < -0.3 is 19.7 Å². The number of hydrogen-bond acceptors (Lipinski definition) is 9. The van der Waals surface area contributed by atoms with Gasteiger partial charge in [0.2, 0.25) is 21.9 Å². The Balaban J connectivity index is 1.41. The molecule has 3 heterocycles. The lowest BCUT2D eigenvalue weighted by Gasteiger charge is -2.34. The van der Waals surface area contributed by atoms with Crippen molar-refractivity contribution in [2.45, 2.75) is 71.9 Å². The van der Waals surface area contributed by atoms with Gasteiger partial charge in [0.15, 0.2) is 0 Å². The van der Waals surface area contributed by atoms with Gasteiger partial charge in [-0.15, -0.1) is 0 Å². The lowest BCUT2D eigenvalue weighted by molar-refractivity contribution is 0.0206. The van der Waals surface area contributed by atoms with Crippen molar-refractivity contribution in [3.05, 3.63) is 66.2 Å². The maximum atomic E-state index is 15.0. The van der Waals surface area contributed by atoms with Crippen LogP contribution in [0.2, 0.25) is 0 Å². The van der Waals surface area contributed by atoms with Crippen LogP contribution in [0.3, 0.4) is 0 Å². The van der Waals surface area contributed by atoms with Gasteiger partial charge in [-0.2, -0.15) is 0 Å². The molecule has 2 aromatic heterocycles. The summed E-state index contributed by atoms with van der Waals surface area (Å²) >= 11 is 0. The number of aromatic nitrogens is 3. The standard InChI is InChI=1S/C34H41FN6O5S/c1-6-7-20-47(43,44)40-29-24-13-12-22(2)30(25(24)14-15-27(29)35)45-31-26(11-8-17-36-31)28-16-18-37-32(39-28)38-23-10-9-19-41(21-23)33(42)46-34(3,4)5/h8,11-18,23,40H,6-7,9-10,19-21H2,1-5H3,(H,37,38,39)/t23-/m0/s1. The Morgan fingerprint density at radius 1 is 1.09 bits per heavy atom. The molecule has 1 aliphatic heterocycles. The van der Waals surface area contributed by atoms with Crippen LogP contribution in [-0.2, 0) is 14.8 Å². The van der Waals surface area contributed by atoms with E-state index in [0.29, 0.717) is 59.7 Å². The number of carbonyl (C=O) groups excluding carboxylic acids is 1. The van der Waals surface area contributed by atoms with Crippen LogP contribution in [0.25, 0.3) is 22.0 Å². The molecule has 2 N–H and O–H groups in total. The van der Waals surface area contributed by atoms with E-state index in [-0.39, 0.29) is 29.5 Å². The first-order valence-corrected chi connectivity index (χ1v) is 17.4. The molecule has 2 aromatic carbocycles. The van der Waals surface area contributed by atoms with Crippen molar-refractivity contribution in [1.82, 2.24) is 19.9 Å². The fraction of sp³-hybridized carbons (Fsp3) is 0.412. The Bertz CT molecular complexity index is 1860. The lowest BCUT2D eigenvalue weighted by atomic mass is 10.0. The summed E-state index contributed by atoms with van der Waals surface area (Å²) in [6, 6.07) is 11.5. The number of halogens is 1. The Kier molecular flexibility index (Phi) is 10.1. The van der Waals surface area contributed by atoms with Crippen LogP contribution in [0.15, 0.2) is 54.9 Å². The first-order valence-electron chi connectivity index (χ1n) is 15.8. The van der Waals surface area contributed by atoms with E-state index in [4.69, 9.17) is 14.5 Å². The zero-order valence-electron chi connectivity index (χ0n) is 27.3. The van der Waals surface area contributed by atoms with E-state index in [2.05, 4.69) is 20.0 Å². The highest BCUT2D eigenvalue weighted by Gasteiger charge is 2.28. The van der Waals surface area contributed by atoms with E-state index in [9.17, 15) is 13.2 Å². The third-order valence-corrected chi connectivity index (χ3v) is 8.97. The van der Waals surface area contributed by atoms with E-state index >= 15 is 4.39 Å². The summed E-state index contributed by atoms with van der Waals surface area (Å²) in [6.45, 7) is 10.4. The van der Waals surface area contributed by atoms with Gasteiger partial charge in [0.1, 0.15) is 17.2 Å². The van der Waals surface area contributed by atoms with Crippen LogP contribution in [0.4, 0.5) is 20.8 Å². The van der Waals surface area contributed by atoms with E-state index < -0.39 is 21.4 Å². The van der Waals surface area contributed by atoms with Crippen LogP contribution >= 0.6 is 0 Å². The number of fused-ring (bicyclic) bond motifs is 1. The number of likely N-dealkylation sites (tertiary alicyclic amines) is 1. The van der Waals surface area contributed by atoms with Crippen molar-refractivity contribution < 1.29 is 27.1 Å². The summed E-state index contributed by atoms with van der Waals surface area (Å²) < 4.78 is 54.8. The van der Waals surface area contributed by atoms with Crippen LogP contribution in [0, 0.1) is 12.7 Å². The number of sulfonamides is 1. The van der Waals surface area contributed by atoms with Gasteiger partial charge in [-0.05, 0) is 82.9 Å². The molecule has 1 atom stereocenters. The number of rotatable bonds is 10. The average Bonchev–Trinajstić information content (AvgIpc) is 3.02. The zero-order chi connectivity index (χ0) is 33.8. The first-order chi connectivity index (χ1) is 22.3. The number of unbranched alkanes of at least 4 members (excludes halogenated alkanes) is 1. The number of aryl methyl sites for hydroxylation is 1. The second-order valence-electron chi connectivity index (χ2n) is 12.6. The molecule has 1 saturated heterocycles. The predicted molar refractivity (Wildman–Crippen MR) is 181 cm³/mol. The molecule has 11 nitrogen and oxygen atoms in total. The van der Waals surface area contributed by atoms with Crippen molar-refractivity contribution in [2.24, 2.45) is 0 Å². The smallest absolute Gasteiger partial charge is 0.410 e. The third kappa shape index (κ3) is 8.45. The summed E-state index contributed by atoms with van der Waals surface area (Å²) in [5.41, 5.74) is 1.20. The number of benzene rings is 2. The van der Waals surface area contributed by atoms with Crippen molar-refractivity contribution in [1.29, 1.82) is 0 Å². The van der Waals surface area contributed by atoms with Gasteiger partial charge >= 0.3 is 6.09 Å². The Labute approximate surface area is 275 Å². The molecular weight excluding hydrogens is 623 g/mol. The zero-order valence-corrected chi connectivity index (χ0v) is 28.2. The monoisotopic (exact) mass is 664 g/mol. The lowest BCUT2D eigenvalue weighted by Crippen LogP contribution is -2.47. The third-order valence-electron chi connectivity index (χ3n) is 7.63. The van der Waals surface area contributed by atoms with Crippen LogP contribution < -0.4 is 14.8 Å². The summed E-state index contributed by atoms with van der Waals surface area (Å²) in [7, 11) is -3.75. The Morgan fingerprint density at radius 2 is 1.87 bits per heavy atom. The van der Waals surface area contributed by atoms with E-state index in [1.54, 1.807) is 47.6 Å². The Hall–Kier alpha value is -4.52. The molecule has 1 fully saturated rings. The molecule has 13 heteroatoms. The Morgan fingerprint density at radius 3 is 2.64 bits per heavy atom. The van der Waals surface area contributed by atoms with Crippen LogP contribution in [-0.4, -0.2) is 64.8 Å². The number of ether oxygens (including phenoxy) is 2. The number of carbonyl (C=O) groups is 1. The fourth-order valence-electron chi connectivity index (χ4n) is 5.35. The number of piperidine rings is 1. The van der Waals surface area contributed by atoms with Gasteiger partial charge in [-0.3, -0.25) is 4.72 Å². The second kappa shape index (κ2) is 14.1. The second-order valence-corrected chi connectivity index (χ2v) is 14.5. The highest BCUT2D eigenvalue weighted by atomic mass is 32.2. The van der Waals surface area contributed by atoms with Crippen molar-refractivity contribution in [2.75, 3.05) is 28.9 Å². The molecule has 0 bridgehead atoms. The van der Waals surface area contributed by atoms with E-state index in [1.807, 2.05) is 40.7 Å². The maximum Gasteiger partial charge on any atom is 0.410 e. The van der Waals surface area contributed by atoms with Gasteiger partial charge in [-0.1, -0.05) is 25.5 Å². The minimum atomic E-state index is -3.75. The summed E-state index contributed by atoms with van der Waals surface area (Å²) in [4.78, 5) is 28.0. The van der Waals surface area contributed by atoms with Crippen LogP contribution in [0.5, 0.6) is 11.6 Å². The van der Waals surface area contributed by atoms with E-state index in [0.717, 1.165) is 18.4 Å². The molecule has 1 amide bonds. The first kappa shape index (κ1) is 33.8. The number of anilines is 2. The molecule has 0 spiro atoms. The molecule has 0 saturated carbocycles. The fourth-order valence-corrected chi connectivity index (χ4v) is 6.64. The SMILES string of the molecule is CCCCS(=O)(=O)Nc1c(F)ccc2c(Oc3ncccc3-c3ccnc(N[C@H]4CCCN(C(=O)OC(C)(C)C)C4)n3)c(C)ccc12. The normalized spacial score (nSPS) is 15.4. The van der Waals surface area contributed by atoms with E-state index in [1.165, 1.54) is 6.07 Å². The molecule has 5 rings (SSSR count). The number of hydrogen-bond donors (Lipinski definition) is 2. The predicted octanol–water partition coefficient (Wildman–Crippen LogP) is 7.28. The van der Waals surface area contributed by atoms with Gasteiger partial charge in [-0.25, -0.2) is 32.6 Å². The molecule has 0 radical (unpaired) electrons.